The summed E-state index contributed by atoms with van der Waals surface area (Å²) in [6, 6.07) is 18.7. The molecule has 1 aliphatic carbocycles. The van der Waals surface area contributed by atoms with Gasteiger partial charge in [0.05, 0.1) is 6.04 Å². The Kier molecular flexibility index (Phi) is 4.58. The standard InChI is InChI=1S/C18H18INO/c19-14-9-11-15(12-10-14)20-18(13-5-2-1-3-6-13)16-7-4-8-17(16)21/h1-3,5-6,9-12,16,18,20H,4,7-8H2/t16-,18-/m1/s1. The maximum Gasteiger partial charge on any atom is 0.138 e. The van der Waals surface area contributed by atoms with Crippen LogP contribution in [0.1, 0.15) is 30.9 Å². The monoisotopic (exact) mass is 391 g/mol. The third-order valence-corrected chi connectivity index (χ3v) is 4.80. The zero-order chi connectivity index (χ0) is 14.7. The minimum absolute atomic E-state index is 0.0706. The molecule has 0 radical (unpaired) electrons. The van der Waals surface area contributed by atoms with E-state index in [4.69, 9.17) is 0 Å². The van der Waals surface area contributed by atoms with Gasteiger partial charge in [0, 0.05) is 21.6 Å². The highest BCUT2D eigenvalue weighted by Gasteiger charge is 2.32. The predicted molar refractivity (Wildman–Crippen MR) is 94.3 cm³/mol. The van der Waals surface area contributed by atoms with Crippen molar-refractivity contribution in [2.45, 2.75) is 25.3 Å². The van der Waals surface area contributed by atoms with Crippen molar-refractivity contribution in [1.29, 1.82) is 0 Å². The highest BCUT2D eigenvalue weighted by molar-refractivity contribution is 14.1. The van der Waals surface area contributed by atoms with Crippen LogP contribution < -0.4 is 5.32 Å². The number of anilines is 1. The van der Waals surface area contributed by atoms with E-state index in [2.05, 4.69) is 64.3 Å². The molecule has 1 saturated carbocycles. The van der Waals surface area contributed by atoms with Gasteiger partial charge in [-0.1, -0.05) is 30.3 Å². The Morgan fingerprint density at radius 2 is 1.76 bits per heavy atom. The maximum atomic E-state index is 12.2. The van der Waals surface area contributed by atoms with Gasteiger partial charge in [-0.05, 0) is 65.3 Å². The number of rotatable bonds is 4. The first-order valence-electron chi connectivity index (χ1n) is 7.34. The molecule has 1 N–H and O–H groups in total. The topological polar surface area (TPSA) is 29.1 Å². The minimum atomic E-state index is 0.0706. The molecule has 0 saturated heterocycles. The van der Waals surface area contributed by atoms with Gasteiger partial charge in [0.25, 0.3) is 0 Å². The molecule has 2 aromatic carbocycles. The molecule has 3 heteroatoms. The lowest BCUT2D eigenvalue weighted by atomic mass is 9.90. The number of hydrogen-bond acceptors (Lipinski definition) is 2. The summed E-state index contributed by atoms with van der Waals surface area (Å²) in [7, 11) is 0. The van der Waals surface area contributed by atoms with E-state index in [-0.39, 0.29) is 12.0 Å². The molecule has 3 rings (SSSR count). The number of nitrogens with one attached hydrogen (secondary N) is 1. The Labute approximate surface area is 139 Å². The first kappa shape index (κ1) is 14.6. The predicted octanol–water partition coefficient (Wildman–Crippen LogP) is 4.81. The fourth-order valence-electron chi connectivity index (χ4n) is 3.00. The van der Waals surface area contributed by atoms with Crippen LogP contribution in [0.5, 0.6) is 0 Å². The number of carbonyl (C=O) groups excluding carboxylic acids is 1. The van der Waals surface area contributed by atoms with Gasteiger partial charge in [0.2, 0.25) is 0 Å². The zero-order valence-corrected chi connectivity index (χ0v) is 13.9. The minimum Gasteiger partial charge on any atom is -0.378 e. The van der Waals surface area contributed by atoms with Gasteiger partial charge >= 0.3 is 0 Å². The van der Waals surface area contributed by atoms with Crippen molar-refractivity contribution in [3.05, 3.63) is 63.7 Å². The van der Waals surface area contributed by atoms with Crippen LogP contribution in [-0.4, -0.2) is 5.78 Å². The number of hydrogen-bond donors (Lipinski definition) is 1. The van der Waals surface area contributed by atoms with Crippen molar-refractivity contribution in [3.8, 4) is 0 Å². The number of halogens is 1. The van der Waals surface area contributed by atoms with Gasteiger partial charge in [-0.3, -0.25) is 4.79 Å². The van der Waals surface area contributed by atoms with Crippen molar-refractivity contribution >= 4 is 34.1 Å². The molecule has 2 aromatic rings. The van der Waals surface area contributed by atoms with Gasteiger partial charge in [-0.2, -0.15) is 0 Å². The molecular formula is C18H18INO. The molecule has 1 fully saturated rings. The van der Waals surface area contributed by atoms with Crippen molar-refractivity contribution in [2.24, 2.45) is 5.92 Å². The molecule has 0 bridgehead atoms. The Morgan fingerprint density at radius 1 is 1.05 bits per heavy atom. The molecule has 2 atom stereocenters. The number of carbonyl (C=O) groups is 1. The van der Waals surface area contributed by atoms with Gasteiger partial charge in [0.1, 0.15) is 5.78 Å². The average Bonchev–Trinajstić information content (AvgIpc) is 2.93. The Hall–Kier alpha value is -1.36. The Balaban J connectivity index is 1.88. The lowest BCUT2D eigenvalue weighted by molar-refractivity contribution is -0.121. The smallest absolute Gasteiger partial charge is 0.138 e. The average molecular weight is 391 g/mol. The molecule has 0 amide bonds. The third-order valence-electron chi connectivity index (χ3n) is 4.08. The molecule has 0 unspecified atom stereocenters. The second-order valence-corrected chi connectivity index (χ2v) is 6.75. The van der Waals surface area contributed by atoms with Crippen LogP contribution in [0.2, 0.25) is 0 Å². The van der Waals surface area contributed by atoms with Gasteiger partial charge in [0.15, 0.2) is 0 Å². The largest absolute Gasteiger partial charge is 0.378 e. The van der Waals surface area contributed by atoms with Crippen LogP contribution in [0, 0.1) is 9.49 Å². The molecule has 0 heterocycles. The van der Waals surface area contributed by atoms with Crippen molar-refractivity contribution in [1.82, 2.24) is 0 Å². The number of ketones is 1. The van der Waals surface area contributed by atoms with E-state index in [1.807, 2.05) is 18.2 Å². The highest BCUT2D eigenvalue weighted by Crippen LogP contribution is 2.35. The Bertz CT molecular complexity index is 609. The summed E-state index contributed by atoms with van der Waals surface area (Å²) in [5, 5.41) is 3.57. The quantitative estimate of drug-likeness (QED) is 0.758. The summed E-state index contributed by atoms with van der Waals surface area (Å²) >= 11 is 2.30. The van der Waals surface area contributed by atoms with E-state index in [1.165, 1.54) is 9.13 Å². The van der Waals surface area contributed by atoms with Crippen molar-refractivity contribution in [2.75, 3.05) is 5.32 Å². The molecule has 0 aromatic heterocycles. The van der Waals surface area contributed by atoms with Gasteiger partial charge in [-0.15, -0.1) is 0 Å². The first-order chi connectivity index (χ1) is 10.2. The van der Waals surface area contributed by atoms with Gasteiger partial charge < -0.3 is 5.32 Å². The number of benzene rings is 2. The molecule has 2 nitrogen and oxygen atoms in total. The van der Waals surface area contributed by atoms with Crippen LogP contribution in [-0.2, 0) is 4.79 Å². The molecule has 1 aliphatic rings. The summed E-state index contributed by atoms with van der Waals surface area (Å²) in [4.78, 5) is 12.2. The van der Waals surface area contributed by atoms with E-state index in [9.17, 15) is 4.79 Å². The molecule has 21 heavy (non-hydrogen) atoms. The lowest BCUT2D eigenvalue weighted by Gasteiger charge is -2.25. The fraction of sp³-hybridized carbons (Fsp3) is 0.278. The molecule has 0 spiro atoms. The Morgan fingerprint density at radius 3 is 2.38 bits per heavy atom. The van der Waals surface area contributed by atoms with E-state index >= 15 is 0 Å². The summed E-state index contributed by atoms with van der Waals surface area (Å²) < 4.78 is 1.21. The summed E-state index contributed by atoms with van der Waals surface area (Å²) in [5.74, 6) is 0.480. The highest BCUT2D eigenvalue weighted by atomic mass is 127. The van der Waals surface area contributed by atoms with E-state index in [0.717, 1.165) is 24.9 Å². The van der Waals surface area contributed by atoms with Crippen LogP contribution >= 0.6 is 22.6 Å². The van der Waals surface area contributed by atoms with E-state index in [0.29, 0.717) is 5.78 Å². The second-order valence-electron chi connectivity index (χ2n) is 5.50. The first-order valence-corrected chi connectivity index (χ1v) is 8.42. The van der Waals surface area contributed by atoms with Crippen molar-refractivity contribution < 1.29 is 4.79 Å². The van der Waals surface area contributed by atoms with E-state index in [1.54, 1.807) is 0 Å². The third kappa shape index (κ3) is 3.46. The SMILES string of the molecule is O=C1CCC[C@H]1[C@H](Nc1ccc(I)cc1)c1ccccc1. The fourth-order valence-corrected chi connectivity index (χ4v) is 3.36. The molecule has 108 valence electrons. The summed E-state index contributed by atoms with van der Waals surface area (Å²) in [6.07, 6.45) is 2.72. The lowest BCUT2D eigenvalue weighted by Crippen LogP contribution is -2.24. The van der Waals surface area contributed by atoms with Crippen LogP contribution in [0.15, 0.2) is 54.6 Å². The second kappa shape index (κ2) is 6.60. The van der Waals surface area contributed by atoms with Crippen LogP contribution in [0.3, 0.4) is 0 Å². The van der Waals surface area contributed by atoms with Gasteiger partial charge in [-0.25, -0.2) is 0 Å². The zero-order valence-electron chi connectivity index (χ0n) is 11.8. The van der Waals surface area contributed by atoms with Crippen LogP contribution in [0.4, 0.5) is 5.69 Å². The van der Waals surface area contributed by atoms with Crippen molar-refractivity contribution in [3.63, 3.8) is 0 Å². The maximum absolute atomic E-state index is 12.2. The van der Waals surface area contributed by atoms with Crippen LogP contribution in [0.25, 0.3) is 0 Å². The summed E-state index contributed by atoms with van der Waals surface area (Å²) in [6.45, 7) is 0. The molecule has 0 aliphatic heterocycles. The van der Waals surface area contributed by atoms with E-state index < -0.39 is 0 Å². The normalized spacial score (nSPS) is 19.5. The molecular weight excluding hydrogens is 373 g/mol. The number of Topliss-reactive ketones (excluding diaryl/α,β-unsaturated/α-hetero) is 1. The summed E-state index contributed by atoms with van der Waals surface area (Å²) in [5.41, 5.74) is 2.26.